The van der Waals surface area contributed by atoms with Crippen molar-refractivity contribution in [2.24, 2.45) is 16.7 Å². The first-order chi connectivity index (χ1) is 38.4. The number of alkyl carbamates (subject to hydrolysis) is 2. The first-order valence-corrected chi connectivity index (χ1v) is 26.0. The van der Waals surface area contributed by atoms with Crippen molar-refractivity contribution in [2.45, 2.75) is 122 Å². The number of aryl methyl sites for hydroxylation is 1. The maximum atomic E-state index is 16.1. The van der Waals surface area contributed by atoms with E-state index in [1.165, 1.54) is 12.1 Å². The van der Waals surface area contributed by atoms with Gasteiger partial charge in [0.25, 0.3) is 5.91 Å². The highest BCUT2D eigenvalue weighted by atomic mass is 19.4. The van der Waals surface area contributed by atoms with Crippen molar-refractivity contribution in [3.8, 4) is 23.0 Å². The minimum atomic E-state index is -5.22. The largest absolute Gasteiger partial charge is 0.453 e. The fraction of sp³-hybridized carbons (Fsp3) is 0.527. The number of hydrogen-bond donors (Lipinski definition) is 4. The van der Waals surface area contributed by atoms with Gasteiger partial charge < -0.3 is 34.9 Å². The average molecular weight is 1170 g/mol. The zero-order chi connectivity index (χ0) is 60.2. The lowest BCUT2D eigenvalue weighted by Crippen LogP contribution is -2.62. The number of ketones is 1. The molecule has 2 aromatic carbocycles. The number of aliphatic hydroxyl groups excluding tert-OH is 1. The number of alkyl halides is 8. The van der Waals surface area contributed by atoms with Crippen LogP contribution in [-0.2, 0) is 36.8 Å². The predicted octanol–water partition coefficient (Wildman–Crippen LogP) is 8.02. The molecule has 7 rings (SSSR count). The molecular formula is C55H63F10N9O8. The van der Waals surface area contributed by atoms with Gasteiger partial charge in [-0.05, 0) is 107 Å². The molecular weight excluding hydrogens is 1100 g/mol. The molecule has 0 aliphatic carbocycles. The zero-order valence-electron chi connectivity index (χ0n) is 45.7. The number of nitrogens with one attached hydrogen (secondary N) is 3. The number of benzene rings is 2. The molecule has 82 heavy (non-hydrogen) atoms. The number of pyridine rings is 1. The molecule has 4 aromatic rings. The lowest BCUT2D eigenvalue weighted by Gasteiger charge is -2.48. The van der Waals surface area contributed by atoms with E-state index in [1.54, 1.807) is 23.6 Å². The van der Waals surface area contributed by atoms with E-state index in [0.29, 0.717) is 79.7 Å². The van der Waals surface area contributed by atoms with Gasteiger partial charge in [0.15, 0.2) is 5.78 Å². The standard InChI is InChI=1S/C55H63F10N9O8/c1-30-16-45(71-24-37-14-15-38(25-71)74(37)39-28-82-29-39)66-21-33(30)13-12-31-8-10-32(11-9-31)17-35(20-43(75)46(68-50(78)80-6)52(2,3)54(60,61)62)44(76)27-72(70-48(77)47(69-51(79)81-7)53(4,5)55(63,64)65)26-40-41(56)18-34(19-42(40)57)36-22-67-73(23-36)49(58)59/h8-11,16,18-19,21-23,35,37-39,44,46-47,49,76H,14-15,17,20,24-29H2,1-7H3,(H,68,78)(H,69,79)(H,70,77)/t35-,37?,38?,44+,46-,47-/m1/s1. The maximum absolute atomic E-state index is 16.1. The van der Waals surface area contributed by atoms with Gasteiger partial charge in [0, 0.05) is 79.3 Å². The fourth-order valence-corrected chi connectivity index (χ4v) is 10.2. The van der Waals surface area contributed by atoms with Gasteiger partial charge in [0.1, 0.15) is 29.5 Å². The van der Waals surface area contributed by atoms with Crippen LogP contribution in [0.5, 0.6) is 0 Å². The first kappa shape index (κ1) is 62.6. The summed E-state index contributed by atoms with van der Waals surface area (Å²) in [5.74, 6) is -0.247. The SMILES string of the molecule is COC(=O)N[C@H](C(=O)C[C@@H](Cc1ccc(C#Cc2cnc(N3CC4CCC(C3)N4C3COC3)cc2C)cc1)[C@@H](O)CN(Cc1c(F)cc(-c2cnn(C(F)F)c2)cc1F)NC(=O)[C@@H](NC(=O)OC)C(C)(C)C(F)(F)F)C(C)(C)C(F)(F)F. The molecule has 2 aromatic heterocycles. The zero-order valence-corrected chi connectivity index (χ0v) is 45.7. The van der Waals surface area contributed by atoms with Crippen LogP contribution < -0.4 is 21.0 Å². The number of carbonyl (C=O) groups is 4. The Hall–Kier alpha value is -7.02. The van der Waals surface area contributed by atoms with Crippen LogP contribution in [0.1, 0.15) is 81.3 Å². The quantitative estimate of drug-likeness (QED) is 0.0378. The van der Waals surface area contributed by atoms with Crippen LogP contribution in [0.3, 0.4) is 0 Å². The number of methoxy groups -OCH3 is 2. The number of amides is 3. The minimum absolute atomic E-state index is 0.165. The molecule has 2 bridgehead atoms. The lowest BCUT2D eigenvalue weighted by atomic mass is 9.77. The number of halogens is 10. The number of nitrogens with zero attached hydrogens (tertiary/aromatic N) is 6. The fourth-order valence-electron chi connectivity index (χ4n) is 10.2. The summed E-state index contributed by atoms with van der Waals surface area (Å²) < 4.78 is 161. The van der Waals surface area contributed by atoms with Crippen LogP contribution in [-0.4, -0.2) is 149 Å². The van der Waals surface area contributed by atoms with Crippen molar-refractivity contribution in [1.29, 1.82) is 0 Å². The van der Waals surface area contributed by atoms with Gasteiger partial charge in [-0.25, -0.2) is 33.0 Å². The van der Waals surface area contributed by atoms with Crippen molar-refractivity contribution in [1.82, 2.24) is 40.7 Å². The van der Waals surface area contributed by atoms with Crippen LogP contribution in [0.25, 0.3) is 11.1 Å². The summed E-state index contributed by atoms with van der Waals surface area (Å²) in [5.41, 5.74) is -3.05. The monoisotopic (exact) mass is 1170 g/mol. The van der Waals surface area contributed by atoms with Gasteiger partial charge in [-0.3, -0.25) is 19.9 Å². The number of carbonyl (C=O) groups excluding carboxylic acids is 4. The number of rotatable bonds is 20. The van der Waals surface area contributed by atoms with Crippen molar-refractivity contribution >= 4 is 29.7 Å². The number of aromatic nitrogens is 3. The second-order valence-electron chi connectivity index (χ2n) is 21.8. The third-order valence-corrected chi connectivity index (χ3v) is 15.5. The maximum Gasteiger partial charge on any atom is 0.407 e. The molecule has 3 aliphatic heterocycles. The Morgan fingerprint density at radius 2 is 1.39 bits per heavy atom. The Labute approximate surface area is 466 Å². The molecule has 17 nitrogen and oxygen atoms in total. The van der Waals surface area contributed by atoms with Crippen LogP contribution in [0.15, 0.2) is 61.1 Å². The number of ether oxygens (including phenoxy) is 3. The van der Waals surface area contributed by atoms with E-state index in [0.717, 1.165) is 77.1 Å². The number of anilines is 1. The Balaban J connectivity index is 1.19. The van der Waals surface area contributed by atoms with E-state index in [1.807, 2.05) is 18.3 Å². The predicted molar refractivity (Wildman–Crippen MR) is 275 cm³/mol. The number of Topliss-reactive ketones (excluding diaryl/α,β-unsaturated/α-hetero) is 1. The molecule has 0 spiro atoms. The number of aliphatic hydroxyl groups is 1. The topological polar surface area (TPSA) is 193 Å². The molecule has 0 radical (unpaired) electrons. The third kappa shape index (κ3) is 14.2. The van der Waals surface area contributed by atoms with E-state index in [9.17, 15) is 59.4 Å². The van der Waals surface area contributed by atoms with E-state index in [4.69, 9.17) is 9.72 Å². The van der Waals surface area contributed by atoms with Crippen molar-refractivity contribution in [3.05, 3.63) is 101 Å². The summed E-state index contributed by atoms with van der Waals surface area (Å²) in [5, 5.41) is 19.9. The molecule has 446 valence electrons. The Kier molecular flexibility index (Phi) is 19.3. The molecule has 3 amide bonds. The van der Waals surface area contributed by atoms with E-state index >= 15 is 8.78 Å². The molecule has 5 heterocycles. The summed E-state index contributed by atoms with van der Waals surface area (Å²) >= 11 is 0. The van der Waals surface area contributed by atoms with E-state index in [-0.39, 0.29) is 22.2 Å². The summed E-state index contributed by atoms with van der Waals surface area (Å²) in [7, 11) is 1.63. The van der Waals surface area contributed by atoms with Gasteiger partial charge in [-0.2, -0.15) is 40.2 Å². The summed E-state index contributed by atoms with van der Waals surface area (Å²) in [4.78, 5) is 62.7. The molecule has 3 fully saturated rings. The molecule has 4 N–H and O–H groups in total. The molecule has 2 unspecified atom stereocenters. The van der Waals surface area contributed by atoms with Crippen LogP contribution in [0.2, 0.25) is 0 Å². The highest BCUT2D eigenvalue weighted by Gasteiger charge is 2.57. The normalized spacial score (nSPS) is 18.5. The number of piperazine rings is 1. The number of fused-ring (bicyclic) bond motifs is 2. The molecule has 6 atom stereocenters. The molecule has 27 heteroatoms. The second kappa shape index (κ2) is 25.2. The van der Waals surface area contributed by atoms with Crippen molar-refractivity contribution in [2.75, 3.05) is 52.0 Å². The summed E-state index contributed by atoms with van der Waals surface area (Å²) in [6.45, 7) is 2.17. The van der Waals surface area contributed by atoms with Gasteiger partial charge >= 0.3 is 31.1 Å². The van der Waals surface area contributed by atoms with Crippen molar-refractivity contribution in [3.63, 3.8) is 0 Å². The van der Waals surface area contributed by atoms with Gasteiger partial charge in [0.05, 0.1) is 56.6 Å². The molecule has 0 saturated carbocycles. The highest BCUT2D eigenvalue weighted by molar-refractivity contribution is 5.89. The Morgan fingerprint density at radius 1 is 0.817 bits per heavy atom. The van der Waals surface area contributed by atoms with E-state index < -0.39 is 114 Å². The molecule has 3 aliphatic rings. The smallest absolute Gasteiger partial charge is 0.407 e. The summed E-state index contributed by atoms with van der Waals surface area (Å²) in [6, 6.07) is 6.00. The third-order valence-electron chi connectivity index (χ3n) is 15.5. The second-order valence-corrected chi connectivity index (χ2v) is 21.8. The van der Waals surface area contributed by atoms with Crippen LogP contribution >= 0.6 is 0 Å². The Morgan fingerprint density at radius 3 is 1.90 bits per heavy atom. The van der Waals surface area contributed by atoms with Crippen LogP contribution in [0.4, 0.5) is 59.3 Å². The first-order valence-electron chi connectivity index (χ1n) is 26.0. The lowest BCUT2D eigenvalue weighted by molar-refractivity contribution is -0.221. The van der Waals surface area contributed by atoms with Gasteiger partial charge in [-0.15, -0.1) is 0 Å². The van der Waals surface area contributed by atoms with Crippen molar-refractivity contribution < 1.29 is 82.4 Å². The van der Waals surface area contributed by atoms with E-state index in [2.05, 4.69) is 41.6 Å². The van der Waals surface area contributed by atoms with Crippen LogP contribution in [0, 0.1) is 47.1 Å². The Bertz CT molecular complexity index is 2980. The average Bonchev–Trinajstić information content (AvgIpc) is 4.15. The minimum Gasteiger partial charge on any atom is -0.453 e. The van der Waals surface area contributed by atoms with Gasteiger partial charge in [0.2, 0.25) is 0 Å². The molecule has 3 saturated heterocycles. The summed E-state index contributed by atoms with van der Waals surface area (Å²) in [6.07, 6.45) is -11.1. The highest BCUT2D eigenvalue weighted by Crippen LogP contribution is 2.43. The van der Waals surface area contributed by atoms with Gasteiger partial charge in [-0.1, -0.05) is 24.0 Å². The number of hydrazine groups is 1. The number of hydrogen-bond acceptors (Lipinski definition) is 13.